The van der Waals surface area contributed by atoms with Gasteiger partial charge in [-0.15, -0.1) is 5.10 Å². The van der Waals surface area contributed by atoms with Gasteiger partial charge in [-0.05, 0) is 5.92 Å². The van der Waals surface area contributed by atoms with E-state index in [-0.39, 0.29) is 6.10 Å². The number of hydrogen-bond donors (Lipinski definition) is 0. The Bertz CT molecular complexity index is 304. The van der Waals surface area contributed by atoms with Crippen LogP contribution in [0.4, 0.5) is 0 Å². The van der Waals surface area contributed by atoms with E-state index >= 15 is 0 Å². The molecule has 1 aromatic heterocycles. The summed E-state index contributed by atoms with van der Waals surface area (Å²) in [5.41, 5.74) is 0. The average Bonchev–Trinajstić information content (AvgIpc) is 2.75. The second-order valence-electron chi connectivity index (χ2n) is 3.45. The van der Waals surface area contributed by atoms with Crippen molar-refractivity contribution < 1.29 is 4.84 Å². The zero-order chi connectivity index (χ0) is 9.26. The van der Waals surface area contributed by atoms with Crippen molar-refractivity contribution in [2.45, 2.75) is 26.4 Å². The molecule has 0 aliphatic carbocycles. The molecule has 2 heterocycles. The summed E-state index contributed by atoms with van der Waals surface area (Å²) in [6.07, 6.45) is 4.39. The molecular formula is C8H12N4O. The summed E-state index contributed by atoms with van der Waals surface area (Å²) in [6, 6.07) is 0. The topological polar surface area (TPSA) is 52.3 Å². The molecule has 1 aromatic rings. The van der Waals surface area contributed by atoms with Gasteiger partial charge in [0.1, 0.15) is 6.10 Å². The van der Waals surface area contributed by atoms with Crippen molar-refractivity contribution in [3.8, 4) is 0 Å². The van der Waals surface area contributed by atoms with E-state index in [1.165, 1.54) is 0 Å². The van der Waals surface area contributed by atoms with Crippen LogP contribution < -0.4 is 0 Å². The van der Waals surface area contributed by atoms with Crippen molar-refractivity contribution in [2.75, 3.05) is 0 Å². The lowest BCUT2D eigenvalue weighted by Crippen LogP contribution is -2.18. The van der Waals surface area contributed by atoms with Crippen molar-refractivity contribution in [3.63, 3.8) is 0 Å². The van der Waals surface area contributed by atoms with Gasteiger partial charge in [-0.1, -0.05) is 24.2 Å². The van der Waals surface area contributed by atoms with Crippen molar-refractivity contribution in [1.29, 1.82) is 0 Å². The first-order chi connectivity index (χ1) is 6.27. The molecule has 2 rings (SSSR count). The van der Waals surface area contributed by atoms with E-state index in [9.17, 15) is 0 Å². The highest BCUT2D eigenvalue weighted by molar-refractivity contribution is 5.84. The molecule has 5 nitrogen and oxygen atoms in total. The quantitative estimate of drug-likeness (QED) is 0.644. The molecule has 1 aliphatic rings. The van der Waals surface area contributed by atoms with Gasteiger partial charge in [-0.3, -0.25) is 0 Å². The molecule has 0 spiro atoms. The van der Waals surface area contributed by atoms with Gasteiger partial charge in [-0.2, -0.15) is 0 Å². The van der Waals surface area contributed by atoms with Crippen LogP contribution in [0.5, 0.6) is 0 Å². The maximum Gasteiger partial charge on any atom is 0.174 e. The fourth-order valence-electron chi connectivity index (χ4n) is 1.22. The van der Waals surface area contributed by atoms with Gasteiger partial charge in [0.2, 0.25) is 0 Å². The Labute approximate surface area is 76.4 Å². The molecule has 5 heteroatoms. The molecule has 0 saturated carbocycles. The van der Waals surface area contributed by atoms with Crippen molar-refractivity contribution in [3.05, 3.63) is 12.4 Å². The maximum absolute atomic E-state index is 5.25. The first kappa shape index (κ1) is 8.22. The average molecular weight is 180 g/mol. The monoisotopic (exact) mass is 180 g/mol. The fraction of sp³-hybridized carbons (Fsp3) is 0.625. The second-order valence-corrected chi connectivity index (χ2v) is 3.45. The van der Waals surface area contributed by atoms with E-state index in [4.69, 9.17) is 4.84 Å². The molecular weight excluding hydrogens is 168 g/mol. The summed E-state index contributed by atoms with van der Waals surface area (Å²) >= 11 is 0. The molecule has 0 N–H and O–H groups in total. The van der Waals surface area contributed by atoms with Gasteiger partial charge in [-0.25, -0.2) is 4.68 Å². The third-order valence-corrected chi connectivity index (χ3v) is 2.11. The number of hydrogen-bond acceptors (Lipinski definition) is 4. The third-order valence-electron chi connectivity index (χ3n) is 2.11. The molecule has 0 bridgehead atoms. The van der Waals surface area contributed by atoms with Gasteiger partial charge in [0, 0.05) is 0 Å². The molecule has 0 radical (unpaired) electrons. The minimum atomic E-state index is 0.180. The van der Waals surface area contributed by atoms with Gasteiger partial charge in [0.05, 0.1) is 18.8 Å². The highest BCUT2D eigenvalue weighted by atomic mass is 16.6. The molecule has 1 atom stereocenters. The first-order valence-corrected chi connectivity index (χ1v) is 4.37. The Hall–Kier alpha value is -1.39. The summed E-state index contributed by atoms with van der Waals surface area (Å²) < 4.78 is 1.64. The third kappa shape index (κ3) is 1.54. The Kier molecular flexibility index (Phi) is 2.00. The highest BCUT2D eigenvalue weighted by Crippen LogP contribution is 2.18. The molecule has 13 heavy (non-hydrogen) atoms. The summed E-state index contributed by atoms with van der Waals surface area (Å²) in [5, 5.41) is 11.5. The molecule has 0 saturated heterocycles. The molecule has 1 unspecified atom stereocenters. The molecule has 70 valence electrons. The number of nitrogens with zero attached hydrogens (tertiary/aromatic N) is 4. The van der Waals surface area contributed by atoms with Crippen LogP contribution in [0.25, 0.3) is 0 Å². The van der Waals surface area contributed by atoms with Crippen LogP contribution in [0.3, 0.4) is 0 Å². The number of aromatic nitrogens is 3. The van der Waals surface area contributed by atoms with E-state index < -0.39 is 0 Å². The minimum absolute atomic E-state index is 0.180. The smallest absolute Gasteiger partial charge is 0.174 e. The second kappa shape index (κ2) is 3.16. The molecule has 0 amide bonds. The van der Waals surface area contributed by atoms with Crippen LogP contribution in [0, 0.1) is 5.92 Å². The van der Waals surface area contributed by atoms with Gasteiger partial charge in [0.15, 0.2) is 5.84 Å². The van der Waals surface area contributed by atoms with Crippen LogP contribution >= 0.6 is 0 Å². The summed E-state index contributed by atoms with van der Waals surface area (Å²) in [4.78, 5) is 5.25. The zero-order valence-corrected chi connectivity index (χ0v) is 7.71. The van der Waals surface area contributed by atoms with Crippen LogP contribution in [-0.2, 0) is 4.84 Å². The van der Waals surface area contributed by atoms with Crippen LogP contribution in [-0.4, -0.2) is 26.9 Å². The van der Waals surface area contributed by atoms with Crippen molar-refractivity contribution in [1.82, 2.24) is 15.0 Å². The maximum atomic E-state index is 5.25. The van der Waals surface area contributed by atoms with E-state index in [0.29, 0.717) is 5.92 Å². The summed E-state index contributed by atoms with van der Waals surface area (Å²) in [7, 11) is 0. The lowest BCUT2D eigenvalue weighted by molar-refractivity contribution is 0.0521. The van der Waals surface area contributed by atoms with Crippen LogP contribution in [0.1, 0.15) is 20.3 Å². The van der Waals surface area contributed by atoms with Gasteiger partial charge < -0.3 is 4.84 Å². The summed E-state index contributed by atoms with van der Waals surface area (Å²) in [5.74, 6) is 1.31. The van der Waals surface area contributed by atoms with Crippen molar-refractivity contribution >= 4 is 5.84 Å². The zero-order valence-electron chi connectivity index (χ0n) is 7.71. The van der Waals surface area contributed by atoms with Crippen LogP contribution in [0.15, 0.2) is 17.5 Å². The van der Waals surface area contributed by atoms with Crippen LogP contribution in [0.2, 0.25) is 0 Å². The van der Waals surface area contributed by atoms with E-state index in [0.717, 1.165) is 12.3 Å². The predicted molar refractivity (Wildman–Crippen MR) is 47.2 cm³/mol. The molecule has 1 aliphatic heterocycles. The lowest BCUT2D eigenvalue weighted by Gasteiger charge is -2.10. The standard InChI is InChI=1S/C8H12N4O/c1-6(2)7-5-8(10-13-7)12-4-3-9-11-12/h3-4,6-7H,5H2,1-2H3. The Morgan fingerprint density at radius 2 is 2.46 bits per heavy atom. The minimum Gasteiger partial charge on any atom is -0.390 e. The number of oxime groups is 1. The van der Waals surface area contributed by atoms with E-state index in [1.807, 2.05) is 0 Å². The number of rotatable bonds is 1. The fourth-order valence-corrected chi connectivity index (χ4v) is 1.22. The lowest BCUT2D eigenvalue weighted by atomic mass is 10.0. The normalized spacial score (nSPS) is 21.8. The first-order valence-electron chi connectivity index (χ1n) is 4.37. The SMILES string of the molecule is CC(C)C1CC(n2ccnn2)=NO1. The van der Waals surface area contributed by atoms with Gasteiger partial charge >= 0.3 is 0 Å². The predicted octanol–water partition coefficient (Wildman–Crippen LogP) is 0.885. The Balaban J connectivity index is 2.06. The molecule has 0 aromatic carbocycles. The molecule has 0 fully saturated rings. The highest BCUT2D eigenvalue weighted by Gasteiger charge is 2.25. The Morgan fingerprint density at radius 1 is 1.62 bits per heavy atom. The van der Waals surface area contributed by atoms with E-state index in [2.05, 4.69) is 29.3 Å². The Morgan fingerprint density at radius 3 is 3.00 bits per heavy atom. The van der Waals surface area contributed by atoms with Gasteiger partial charge in [0.25, 0.3) is 0 Å². The summed E-state index contributed by atoms with van der Waals surface area (Å²) in [6.45, 7) is 4.23. The largest absolute Gasteiger partial charge is 0.390 e. The van der Waals surface area contributed by atoms with Crippen molar-refractivity contribution in [2.24, 2.45) is 11.1 Å². The van der Waals surface area contributed by atoms with E-state index in [1.54, 1.807) is 17.1 Å².